The first-order chi connectivity index (χ1) is 7.58. The first-order valence-electron chi connectivity index (χ1n) is 5.49. The molecule has 0 amide bonds. The van der Waals surface area contributed by atoms with Crippen LogP contribution in [0.1, 0.15) is 25.3 Å². The predicted molar refractivity (Wildman–Crippen MR) is 70.5 cm³/mol. The topological polar surface area (TPSA) is 26.0 Å². The highest BCUT2D eigenvalue weighted by Crippen LogP contribution is 2.38. The zero-order valence-corrected chi connectivity index (χ0v) is 10.3. The first-order valence-corrected chi connectivity index (χ1v) is 5.86. The lowest BCUT2D eigenvalue weighted by molar-refractivity contribution is 0.604. The van der Waals surface area contributed by atoms with Crippen LogP contribution in [0.25, 0.3) is 0 Å². The van der Waals surface area contributed by atoms with Crippen LogP contribution < -0.4 is 5.73 Å². The zero-order valence-electron chi connectivity index (χ0n) is 9.57. The van der Waals surface area contributed by atoms with Crippen molar-refractivity contribution in [3.8, 4) is 0 Å². The van der Waals surface area contributed by atoms with E-state index in [1.807, 2.05) is 18.2 Å². The summed E-state index contributed by atoms with van der Waals surface area (Å²) in [5.74, 6) is 0.851. The maximum absolute atomic E-state index is 6.05. The van der Waals surface area contributed by atoms with E-state index < -0.39 is 0 Å². The lowest BCUT2D eigenvalue weighted by Gasteiger charge is -2.26. The normalized spacial score (nSPS) is 24.9. The third kappa shape index (κ3) is 2.14. The molecule has 1 nitrogen and oxygen atoms in total. The Labute approximate surface area is 102 Å². The molecule has 0 bridgehead atoms. The second-order valence-electron chi connectivity index (χ2n) is 4.44. The Bertz CT molecular complexity index is 442. The van der Waals surface area contributed by atoms with E-state index in [1.54, 1.807) is 0 Å². The number of halogens is 1. The van der Waals surface area contributed by atoms with E-state index >= 15 is 0 Å². The van der Waals surface area contributed by atoms with Gasteiger partial charge in [-0.1, -0.05) is 42.3 Å². The van der Waals surface area contributed by atoms with Crippen molar-refractivity contribution in [2.75, 3.05) is 5.73 Å². The van der Waals surface area contributed by atoms with Crippen molar-refractivity contribution in [2.24, 2.45) is 5.92 Å². The van der Waals surface area contributed by atoms with Crippen LogP contribution in [0.4, 0.5) is 5.69 Å². The minimum atomic E-state index is 0.420. The molecule has 0 saturated heterocycles. The summed E-state index contributed by atoms with van der Waals surface area (Å²) in [5.41, 5.74) is 9.12. The average molecular weight is 234 g/mol. The lowest BCUT2D eigenvalue weighted by atomic mass is 9.79. The zero-order chi connectivity index (χ0) is 11.7. The summed E-state index contributed by atoms with van der Waals surface area (Å²) in [6.45, 7) is 4.33. The number of allylic oxidation sites excluding steroid dienone is 4. The molecule has 0 radical (unpaired) electrons. The SMILES string of the molecule is CC1=CC(Cl)=CC(C)C1c1ccc(N)cc1. The molecule has 2 rings (SSSR count). The van der Waals surface area contributed by atoms with Crippen molar-refractivity contribution in [1.82, 2.24) is 0 Å². The molecule has 2 unspecified atom stereocenters. The van der Waals surface area contributed by atoms with Gasteiger partial charge in [0.2, 0.25) is 0 Å². The van der Waals surface area contributed by atoms with Gasteiger partial charge in [0.05, 0.1) is 0 Å². The van der Waals surface area contributed by atoms with E-state index in [-0.39, 0.29) is 0 Å². The number of hydrogen-bond acceptors (Lipinski definition) is 1. The Morgan fingerprint density at radius 2 is 1.81 bits per heavy atom. The Hall–Kier alpha value is -1.21. The number of rotatable bonds is 1. The van der Waals surface area contributed by atoms with Gasteiger partial charge in [-0.2, -0.15) is 0 Å². The van der Waals surface area contributed by atoms with Gasteiger partial charge in [-0.25, -0.2) is 0 Å². The summed E-state index contributed by atoms with van der Waals surface area (Å²) < 4.78 is 0. The number of nitrogen functional groups attached to an aromatic ring is 1. The fourth-order valence-corrected chi connectivity index (χ4v) is 2.76. The molecule has 2 heteroatoms. The Morgan fingerprint density at radius 3 is 2.38 bits per heavy atom. The van der Waals surface area contributed by atoms with E-state index in [0.29, 0.717) is 11.8 Å². The minimum Gasteiger partial charge on any atom is -0.399 e. The Morgan fingerprint density at radius 1 is 1.19 bits per heavy atom. The summed E-state index contributed by atoms with van der Waals surface area (Å²) in [6.07, 6.45) is 4.15. The molecule has 1 aliphatic rings. The molecule has 2 atom stereocenters. The van der Waals surface area contributed by atoms with Crippen LogP contribution in [0, 0.1) is 5.92 Å². The maximum Gasteiger partial charge on any atom is 0.0368 e. The van der Waals surface area contributed by atoms with Gasteiger partial charge in [0.1, 0.15) is 0 Å². The van der Waals surface area contributed by atoms with Crippen LogP contribution in [0.3, 0.4) is 0 Å². The molecular formula is C14H16ClN. The fourth-order valence-electron chi connectivity index (χ4n) is 2.39. The van der Waals surface area contributed by atoms with Gasteiger partial charge in [0.15, 0.2) is 0 Å². The van der Waals surface area contributed by atoms with Crippen molar-refractivity contribution in [3.05, 3.63) is 52.6 Å². The minimum absolute atomic E-state index is 0.420. The molecule has 2 N–H and O–H groups in total. The smallest absolute Gasteiger partial charge is 0.0368 e. The molecule has 0 spiro atoms. The molecule has 16 heavy (non-hydrogen) atoms. The van der Waals surface area contributed by atoms with Crippen LogP contribution in [-0.4, -0.2) is 0 Å². The van der Waals surface area contributed by atoms with E-state index in [1.165, 1.54) is 11.1 Å². The van der Waals surface area contributed by atoms with Crippen molar-refractivity contribution in [2.45, 2.75) is 19.8 Å². The molecular weight excluding hydrogens is 218 g/mol. The van der Waals surface area contributed by atoms with Crippen molar-refractivity contribution in [3.63, 3.8) is 0 Å². The molecule has 0 aliphatic heterocycles. The van der Waals surface area contributed by atoms with Crippen molar-refractivity contribution < 1.29 is 0 Å². The lowest BCUT2D eigenvalue weighted by Crippen LogP contribution is -2.12. The predicted octanol–water partition coefficient (Wildman–Crippen LogP) is 4.07. The number of hydrogen-bond donors (Lipinski definition) is 1. The quantitative estimate of drug-likeness (QED) is 0.727. The first kappa shape index (κ1) is 11.3. The third-order valence-corrected chi connectivity index (χ3v) is 3.33. The summed E-state index contributed by atoms with van der Waals surface area (Å²) in [6, 6.07) is 8.10. The second kappa shape index (κ2) is 4.34. The van der Waals surface area contributed by atoms with E-state index in [0.717, 1.165) is 10.7 Å². The largest absolute Gasteiger partial charge is 0.399 e. The van der Waals surface area contributed by atoms with Gasteiger partial charge >= 0.3 is 0 Å². The Kier molecular flexibility index (Phi) is 3.06. The van der Waals surface area contributed by atoms with E-state index in [4.69, 9.17) is 17.3 Å². The molecule has 0 heterocycles. The molecule has 1 aromatic rings. The fraction of sp³-hybridized carbons (Fsp3) is 0.286. The van der Waals surface area contributed by atoms with Crippen molar-refractivity contribution in [1.29, 1.82) is 0 Å². The molecule has 84 valence electrons. The molecule has 1 aromatic carbocycles. The number of benzene rings is 1. The van der Waals surface area contributed by atoms with Crippen LogP contribution >= 0.6 is 11.6 Å². The molecule has 1 aliphatic carbocycles. The Balaban J connectivity index is 2.35. The maximum atomic E-state index is 6.05. The summed E-state index contributed by atoms with van der Waals surface area (Å²) in [4.78, 5) is 0. The van der Waals surface area contributed by atoms with Gasteiger partial charge < -0.3 is 5.73 Å². The third-order valence-electron chi connectivity index (χ3n) is 3.10. The summed E-state index contributed by atoms with van der Waals surface area (Å²) in [7, 11) is 0. The highest BCUT2D eigenvalue weighted by molar-refractivity contribution is 6.31. The monoisotopic (exact) mass is 233 g/mol. The van der Waals surface area contributed by atoms with Gasteiger partial charge in [-0.3, -0.25) is 0 Å². The van der Waals surface area contributed by atoms with Crippen LogP contribution in [0.5, 0.6) is 0 Å². The molecule has 0 saturated carbocycles. The van der Waals surface area contributed by atoms with Gasteiger partial charge in [-0.05, 0) is 36.6 Å². The van der Waals surface area contributed by atoms with Crippen LogP contribution in [0.15, 0.2) is 47.0 Å². The molecule has 0 aromatic heterocycles. The summed E-state index contributed by atoms with van der Waals surface area (Å²) >= 11 is 6.05. The van der Waals surface area contributed by atoms with Crippen molar-refractivity contribution >= 4 is 17.3 Å². The van der Waals surface area contributed by atoms with Crippen LogP contribution in [-0.2, 0) is 0 Å². The van der Waals surface area contributed by atoms with E-state index in [2.05, 4.69) is 32.1 Å². The van der Waals surface area contributed by atoms with Gasteiger partial charge in [0, 0.05) is 16.6 Å². The van der Waals surface area contributed by atoms with E-state index in [9.17, 15) is 0 Å². The van der Waals surface area contributed by atoms with Gasteiger partial charge in [-0.15, -0.1) is 0 Å². The standard InChI is InChI=1S/C14H16ClN/c1-9-7-12(15)8-10(2)14(9)11-3-5-13(16)6-4-11/h3-9,14H,16H2,1-2H3. The number of anilines is 1. The highest BCUT2D eigenvalue weighted by atomic mass is 35.5. The summed E-state index contributed by atoms with van der Waals surface area (Å²) in [5, 5.41) is 0.844. The number of nitrogens with two attached hydrogens (primary N) is 1. The second-order valence-corrected chi connectivity index (χ2v) is 4.88. The van der Waals surface area contributed by atoms with Crippen LogP contribution in [0.2, 0.25) is 0 Å². The van der Waals surface area contributed by atoms with Gasteiger partial charge in [0.25, 0.3) is 0 Å². The highest BCUT2D eigenvalue weighted by Gasteiger charge is 2.22. The molecule has 0 fully saturated rings. The average Bonchev–Trinajstić information content (AvgIpc) is 2.19.